The number of hydrogen-bond acceptors (Lipinski definition) is 6. The number of piperidine rings is 1. The van der Waals surface area contributed by atoms with E-state index in [4.69, 9.17) is 0 Å². The van der Waals surface area contributed by atoms with Crippen molar-refractivity contribution in [1.29, 1.82) is 0 Å². The lowest BCUT2D eigenvalue weighted by Crippen LogP contribution is -2.34. The lowest BCUT2D eigenvalue weighted by atomic mass is 10.1. The van der Waals surface area contributed by atoms with E-state index in [2.05, 4.69) is 25.3 Å². The molecule has 0 saturated carbocycles. The van der Waals surface area contributed by atoms with Crippen molar-refractivity contribution in [3.05, 3.63) is 24.8 Å². The highest BCUT2D eigenvalue weighted by atomic mass is 16.2. The molecule has 8 nitrogen and oxygen atoms in total. The third kappa shape index (κ3) is 3.29. The van der Waals surface area contributed by atoms with E-state index in [1.807, 2.05) is 19.3 Å². The predicted molar refractivity (Wildman–Crippen MR) is 95.7 cm³/mol. The average Bonchev–Trinajstić information content (AvgIpc) is 3.22. The second kappa shape index (κ2) is 6.70. The number of aromatic nitrogens is 4. The summed E-state index contributed by atoms with van der Waals surface area (Å²) < 4.78 is 1.71. The molecule has 25 heavy (non-hydrogen) atoms. The lowest BCUT2D eigenvalue weighted by Gasteiger charge is -2.27. The number of anilines is 3. The SMILES string of the molecule is Cn1cc(N2CCC(Nc3cc(N4CCCCC4)ncn3)C2=O)cn1. The summed E-state index contributed by atoms with van der Waals surface area (Å²) in [5.41, 5.74) is 0.841. The van der Waals surface area contributed by atoms with Gasteiger partial charge in [0.1, 0.15) is 24.0 Å². The summed E-state index contributed by atoms with van der Waals surface area (Å²) in [7, 11) is 1.85. The van der Waals surface area contributed by atoms with Gasteiger partial charge in [0.2, 0.25) is 5.91 Å². The molecule has 0 aromatic carbocycles. The maximum atomic E-state index is 12.7. The maximum absolute atomic E-state index is 12.7. The van der Waals surface area contributed by atoms with Crippen LogP contribution in [0.2, 0.25) is 0 Å². The van der Waals surface area contributed by atoms with Gasteiger partial charge < -0.3 is 15.1 Å². The summed E-state index contributed by atoms with van der Waals surface area (Å²) in [4.78, 5) is 25.4. The number of amides is 1. The molecule has 0 spiro atoms. The average molecular weight is 341 g/mol. The summed E-state index contributed by atoms with van der Waals surface area (Å²) in [6.07, 6.45) is 9.59. The quantitative estimate of drug-likeness (QED) is 0.906. The minimum absolute atomic E-state index is 0.0612. The monoisotopic (exact) mass is 341 g/mol. The zero-order valence-corrected chi connectivity index (χ0v) is 14.4. The van der Waals surface area contributed by atoms with Gasteiger partial charge >= 0.3 is 0 Å². The Kier molecular flexibility index (Phi) is 4.25. The van der Waals surface area contributed by atoms with E-state index in [1.165, 1.54) is 19.3 Å². The van der Waals surface area contributed by atoms with Crippen LogP contribution in [0.15, 0.2) is 24.8 Å². The molecule has 2 aromatic rings. The molecule has 0 aliphatic carbocycles. The van der Waals surface area contributed by atoms with Gasteiger partial charge in [0.25, 0.3) is 0 Å². The highest BCUT2D eigenvalue weighted by Crippen LogP contribution is 2.24. The molecule has 4 rings (SSSR count). The van der Waals surface area contributed by atoms with E-state index in [1.54, 1.807) is 22.1 Å². The maximum Gasteiger partial charge on any atom is 0.249 e. The van der Waals surface area contributed by atoms with Gasteiger partial charge in [-0.3, -0.25) is 9.48 Å². The molecule has 2 aliphatic heterocycles. The van der Waals surface area contributed by atoms with Crippen molar-refractivity contribution in [3.63, 3.8) is 0 Å². The molecule has 1 unspecified atom stereocenters. The first-order chi connectivity index (χ1) is 12.2. The number of aryl methyl sites for hydroxylation is 1. The third-order valence-corrected chi connectivity index (χ3v) is 4.86. The normalized spacial score (nSPS) is 21.0. The Labute approximate surface area is 146 Å². The summed E-state index contributed by atoms with van der Waals surface area (Å²) in [5.74, 6) is 1.71. The molecule has 1 amide bonds. The van der Waals surface area contributed by atoms with E-state index in [0.29, 0.717) is 12.4 Å². The number of carbonyl (C=O) groups excluding carboxylic acids is 1. The Bertz CT molecular complexity index is 753. The first-order valence-electron chi connectivity index (χ1n) is 8.84. The van der Waals surface area contributed by atoms with Gasteiger partial charge in [0.05, 0.1) is 11.9 Å². The number of nitrogens with one attached hydrogen (secondary N) is 1. The van der Waals surface area contributed by atoms with Gasteiger partial charge in [-0.2, -0.15) is 5.10 Å². The van der Waals surface area contributed by atoms with Crippen molar-refractivity contribution >= 4 is 23.2 Å². The van der Waals surface area contributed by atoms with Gasteiger partial charge in [0, 0.05) is 38.9 Å². The number of hydrogen-bond donors (Lipinski definition) is 1. The van der Waals surface area contributed by atoms with Gasteiger partial charge in [0.15, 0.2) is 0 Å². The molecule has 1 N–H and O–H groups in total. The van der Waals surface area contributed by atoms with Gasteiger partial charge in [-0.15, -0.1) is 0 Å². The predicted octanol–water partition coefficient (Wildman–Crippen LogP) is 1.42. The van der Waals surface area contributed by atoms with Gasteiger partial charge in [-0.1, -0.05) is 0 Å². The molecular weight excluding hydrogens is 318 g/mol. The van der Waals surface area contributed by atoms with E-state index >= 15 is 0 Å². The first-order valence-corrected chi connectivity index (χ1v) is 8.84. The molecule has 4 heterocycles. The van der Waals surface area contributed by atoms with Crippen LogP contribution in [0, 0.1) is 0 Å². The van der Waals surface area contributed by atoms with Crippen LogP contribution in [0.1, 0.15) is 25.7 Å². The smallest absolute Gasteiger partial charge is 0.249 e. The van der Waals surface area contributed by atoms with Crippen molar-refractivity contribution in [2.45, 2.75) is 31.7 Å². The Morgan fingerprint density at radius 3 is 2.76 bits per heavy atom. The minimum atomic E-state index is -0.260. The Hall–Kier alpha value is -2.64. The van der Waals surface area contributed by atoms with E-state index in [9.17, 15) is 4.79 Å². The topological polar surface area (TPSA) is 79.2 Å². The van der Waals surface area contributed by atoms with E-state index < -0.39 is 0 Å². The number of rotatable bonds is 4. The van der Waals surface area contributed by atoms with Gasteiger partial charge in [-0.05, 0) is 25.7 Å². The summed E-state index contributed by atoms with van der Waals surface area (Å²) in [6.45, 7) is 2.76. The standard InChI is InChI=1S/C17H23N7O/c1-22-11-13(10-20-22)24-8-5-14(17(24)25)21-15-9-16(19-12-18-15)23-6-3-2-4-7-23/h9-12,14H,2-8H2,1H3,(H,18,19,21). The van der Waals surface area contributed by atoms with Crippen LogP contribution in [0.5, 0.6) is 0 Å². The summed E-state index contributed by atoms with van der Waals surface area (Å²) in [5, 5.41) is 7.42. The largest absolute Gasteiger partial charge is 0.358 e. The van der Waals surface area contributed by atoms with Crippen molar-refractivity contribution in [2.24, 2.45) is 7.05 Å². The van der Waals surface area contributed by atoms with Crippen molar-refractivity contribution < 1.29 is 4.79 Å². The summed E-state index contributed by atoms with van der Waals surface area (Å²) in [6, 6.07) is 1.69. The fraction of sp³-hybridized carbons (Fsp3) is 0.529. The Balaban J connectivity index is 1.44. The van der Waals surface area contributed by atoms with Crippen LogP contribution in [0.3, 0.4) is 0 Å². The van der Waals surface area contributed by atoms with Crippen LogP contribution in [0.25, 0.3) is 0 Å². The van der Waals surface area contributed by atoms with Crippen LogP contribution in [-0.2, 0) is 11.8 Å². The molecule has 8 heteroatoms. The number of nitrogens with zero attached hydrogens (tertiary/aromatic N) is 6. The second-order valence-electron chi connectivity index (χ2n) is 6.66. The zero-order valence-electron chi connectivity index (χ0n) is 14.4. The number of carbonyl (C=O) groups is 1. The molecular formula is C17H23N7O. The van der Waals surface area contributed by atoms with Crippen LogP contribution < -0.4 is 15.1 Å². The molecule has 2 aromatic heterocycles. The Morgan fingerprint density at radius 2 is 2.00 bits per heavy atom. The molecule has 132 valence electrons. The van der Waals surface area contributed by atoms with Crippen LogP contribution in [-0.4, -0.2) is 51.3 Å². The van der Waals surface area contributed by atoms with Crippen molar-refractivity contribution in [1.82, 2.24) is 19.7 Å². The zero-order chi connectivity index (χ0) is 17.2. The van der Waals surface area contributed by atoms with E-state index in [-0.39, 0.29) is 11.9 Å². The molecule has 2 saturated heterocycles. The lowest BCUT2D eigenvalue weighted by molar-refractivity contribution is -0.117. The highest BCUT2D eigenvalue weighted by Gasteiger charge is 2.33. The fourth-order valence-electron chi connectivity index (χ4n) is 3.52. The van der Waals surface area contributed by atoms with Gasteiger partial charge in [-0.25, -0.2) is 9.97 Å². The fourth-order valence-corrected chi connectivity index (χ4v) is 3.52. The third-order valence-electron chi connectivity index (χ3n) is 4.86. The Morgan fingerprint density at radius 1 is 1.16 bits per heavy atom. The first kappa shape index (κ1) is 15.9. The van der Waals surface area contributed by atoms with Crippen molar-refractivity contribution in [3.8, 4) is 0 Å². The van der Waals surface area contributed by atoms with Crippen molar-refractivity contribution in [2.75, 3.05) is 34.8 Å². The summed E-state index contributed by atoms with van der Waals surface area (Å²) >= 11 is 0. The molecule has 2 fully saturated rings. The molecule has 1 atom stereocenters. The highest BCUT2D eigenvalue weighted by molar-refractivity contribution is 6.00. The molecule has 0 radical (unpaired) electrons. The van der Waals surface area contributed by atoms with Crippen LogP contribution in [0.4, 0.5) is 17.3 Å². The minimum Gasteiger partial charge on any atom is -0.358 e. The van der Waals surface area contributed by atoms with Crippen LogP contribution >= 0.6 is 0 Å². The molecule has 0 bridgehead atoms. The van der Waals surface area contributed by atoms with E-state index in [0.717, 1.165) is 31.0 Å². The second-order valence-corrected chi connectivity index (χ2v) is 6.66. The molecule has 2 aliphatic rings.